The number of nitrogens with one attached hydrogen (secondary N) is 1. The third-order valence-corrected chi connectivity index (χ3v) is 6.85. The fraction of sp³-hybridized carbons (Fsp3) is 0.414. The van der Waals surface area contributed by atoms with Gasteiger partial charge in [0, 0.05) is 25.6 Å². The van der Waals surface area contributed by atoms with Crippen LogP contribution in [0.15, 0.2) is 48.5 Å². The Morgan fingerprint density at radius 2 is 1.81 bits per heavy atom. The van der Waals surface area contributed by atoms with E-state index in [1.54, 1.807) is 7.11 Å². The van der Waals surface area contributed by atoms with Crippen molar-refractivity contribution in [1.29, 1.82) is 0 Å². The summed E-state index contributed by atoms with van der Waals surface area (Å²) in [4.78, 5) is 28.9. The third-order valence-electron chi connectivity index (χ3n) is 6.85. The Bertz CT molecular complexity index is 1190. The zero-order valence-corrected chi connectivity index (χ0v) is 21.1. The number of hydrogen-bond acceptors (Lipinski definition) is 7. The Kier molecular flexibility index (Phi) is 8.95. The number of rotatable bonds is 8. The molecule has 2 aliphatic rings. The molecule has 1 atom stereocenters. The predicted octanol–water partition coefficient (Wildman–Crippen LogP) is 4.80. The lowest BCUT2D eigenvalue weighted by molar-refractivity contribution is -0.191. The van der Waals surface area contributed by atoms with Crippen molar-refractivity contribution < 1.29 is 14.3 Å². The molecular weight excluding hydrogens is 452 g/mol. The van der Waals surface area contributed by atoms with E-state index in [1.165, 1.54) is 49.0 Å². The predicted molar refractivity (Wildman–Crippen MR) is 139 cm³/mol. The zero-order chi connectivity index (χ0) is 25.3. The van der Waals surface area contributed by atoms with Gasteiger partial charge in [0.05, 0.1) is 5.69 Å². The lowest BCUT2D eigenvalue weighted by atomic mass is 10.0. The van der Waals surface area contributed by atoms with Gasteiger partial charge in [-0.25, -0.2) is 9.97 Å². The first-order chi connectivity index (χ1) is 17.6. The molecule has 0 spiro atoms. The minimum atomic E-state index is -0.282. The van der Waals surface area contributed by atoms with Crippen molar-refractivity contribution in [3.63, 3.8) is 0 Å². The Morgan fingerprint density at radius 1 is 1.06 bits per heavy atom. The van der Waals surface area contributed by atoms with Crippen molar-refractivity contribution in [2.24, 2.45) is 0 Å². The van der Waals surface area contributed by atoms with Gasteiger partial charge in [0.2, 0.25) is 0 Å². The van der Waals surface area contributed by atoms with Gasteiger partial charge in [-0.2, -0.15) is 9.59 Å². The lowest BCUT2D eigenvalue weighted by Crippen LogP contribution is -2.31. The first-order valence-electron chi connectivity index (χ1n) is 12.7. The highest BCUT2D eigenvalue weighted by Crippen LogP contribution is 2.41. The van der Waals surface area contributed by atoms with Crippen molar-refractivity contribution in [3.8, 4) is 11.1 Å². The number of hydrogen-bond donors (Lipinski definition) is 1. The molecule has 1 fully saturated rings. The number of methoxy groups -OCH3 is 1. The second kappa shape index (κ2) is 12.5. The van der Waals surface area contributed by atoms with Gasteiger partial charge in [-0.15, -0.1) is 0 Å². The van der Waals surface area contributed by atoms with Gasteiger partial charge in [0.15, 0.2) is 5.82 Å². The fourth-order valence-corrected chi connectivity index (χ4v) is 5.19. The minimum Gasteiger partial charge on any atom is -0.369 e. The van der Waals surface area contributed by atoms with E-state index in [9.17, 15) is 0 Å². The summed E-state index contributed by atoms with van der Waals surface area (Å²) in [6, 6.07) is 16.9. The number of nitrogens with zero attached hydrogens (tertiary/aromatic N) is 3. The second-order valence-corrected chi connectivity index (χ2v) is 9.38. The molecule has 1 aliphatic heterocycles. The molecule has 1 aromatic heterocycles. The molecule has 3 aromatic rings. The van der Waals surface area contributed by atoms with Crippen molar-refractivity contribution in [3.05, 3.63) is 76.7 Å². The molecule has 2 heterocycles. The molecule has 5 rings (SSSR count). The summed E-state index contributed by atoms with van der Waals surface area (Å²) >= 11 is 0. The van der Waals surface area contributed by atoms with Crippen molar-refractivity contribution in [2.45, 2.75) is 45.1 Å². The van der Waals surface area contributed by atoms with Gasteiger partial charge < -0.3 is 15.0 Å². The Hall–Kier alpha value is -3.38. The smallest absolute Gasteiger partial charge is 0.369 e. The SMILES string of the molecule is COC(c1ccccc1)c1nc2c(c(NCCCN3CCCCC3)n1)-c1ccc(C)cc1C2.O=C=O. The monoisotopic (exact) mass is 486 g/mol. The first kappa shape index (κ1) is 25.7. The molecular formula is C29H34N4O3. The molecule has 1 saturated heterocycles. The number of anilines is 1. The fourth-order valence-electron chi connectivity index (χ4n) is 5.19. The normalized spacial score (nSPS) is 15.2. The molecule has 0 radical (unpaired) electrons. The van der Waals surface area contributed by atoms with Gasteiger partial charge in [-0.3, -0.25) is 0 Å². The van der Waals surface area contributed by atoms with E-state index < -0.39 is 0 Å². The van der Waals surface area contributed by atoms with Crippen LogP contribution < -0.4 is 5.32 Å². The van der Waals surface area contributed by atoms with E-state index in [0.717, 1.165) is 54.4 Å². The maximum atomic E-state index is 8.12. The van der Waals surface area contributed by atoms with Crippen LogP contribution in [-0.4, -0.2) is 54.3 Å². The molecule has 7 nitrogen and oxygen atoms in total. The zero-order valence-electron chi connectivity index (χ0n) is 21.1. The van der Waals surface area contributed by atoms with Crippen molar-refractivity contribution in [2.75, 3.05) is 38.6 Å². The third kappa shape index (κ3) is 6.05. The van der Waals surface area contributed by atoms with E-state index in [-0.39, 0.29) is 12.3 Å². The molecule has 36 heavy (non-hydrogen) atoms. The van der Waals surface area contributed by atoms with Crippen LogP contribution in [0, 0.1) is 6.92 Å². The Balaban J connectivity index is 0.000000967. The molecule has 0 amide bonds. The van der Waals surface area contributed by atoms with E-state index in [1.807, 2.05) is 18.2 Å². The number of aryl methyl sites for hydroxylation is 1. The average molecular weight is 487 g/mol. The number of likely N-dealkylation sites (tertiary alicyclic amines) is 1. The van der Waals surface area contributed by atoms with Gasteiger partial charge >= 0.3 is 6.15 Å². The maximum Gasteiger partial charge on any atom is 0.373 e. The number of benzene rings is 2. The summed E-state index contributed by atoms with van der Waals surface area (Å²) in [5.41, 5.74) is 7.20. The van der Waals surface area contributed by atoms with E-state index in [0.29, 0.717) is 0 Å². The summed E-state index contributed by atoms with van der Waals surface area (Å²) < 4.78 is 5.88. The quantitative estimate of drug-likeness (QED) is 0.358. The summed E-state index contributed by atoms with van der Waals surface area (Å²) in [5, 5.41) is 3.68. The molecule has 2 aromatic carbocycles. The molecule has 1 unspecified atom stereocenters. The van der Waals surface area contributed by atoms with Gasteiger partial charge in [0.1, 0.15) is 11.9 Å². The van der Waals surface area contributed by atoms with Crippen LogP contribution in [0.25, 0.3) is 11.1 Å². The number of fused-ring (bicyclic) bond motifs is 3. The topological polar surface area (TPSA) is 84.4 Å². The van der Waals surface area contributed by atoms with Crippen LogP contribution in [0.1, 0.15) is 60.0 Å². The van der Waals surface area contributed by atoms with Gasteiger partial charge in [-0.05, 0) is 62.5 Å². The molecule has 7 heteroatoms. The van der Waals surface area contributed by atoms with Crippen LogP contribution in [-0.2, 0) is 20.7 Å². The molecule has 0 saturated carbocycles. The highest BCUT2D eigenvalue weighted by molar-refractivity contribution is 5.84. The maximum absolute atomic E-state index is 8.12. The van der Waals surface area contributed by atoms with E-state index in [2.05, 4.69) is 47.5 Å². The van der Waals surface area contributed by atoms with Crippen molar-refractivity contribution >= 4 is 12.0 Å². The number of ether oxygens (including phenoxy) is 1. The van der Waals surface area contributed by atoms with E-state index >= 15 is 0 Å². The number of aromatic nitrogens is 2. The van der Waals surface area contributed by atoms with Crippen molar-refractivity contribution in [1.82, 2.24) is 14.9 Å². The summed E-state index contributed by atoms with van der Waals surface area (Å²) in [5.74, 6) is 1.67. The summed E-state index contributed by atoms with van der Waals surface area (Å²) in [7, 11) is 1.73. The second-order valence-electron chi connectivity index (χ2n) is 9.38. The minimum absolute atomic E-state index is 0.250. The first-order valence-corrected chi connectivity index (χ1v) is 12.7. The Morgan fingerprint density at radius 3 is 2.53 bits per heavy atom. The average Bonchev–Trinajstić information content (AvgIpc) is 3.26. The molecule has 0 bridgehead atoms. The van der Waals surface area contributed by atoms with Gasteiger partial charge in [0.25, 0.3) is 0 Å². The Labute approximate surface area is 212 Å². The summed E-state index contributed by atoms with van der Waals surface area (Å²) in [6.07, 6.45) is 5.98. The van der Waals surface area contributed by atoms with E-state index in [4.69, 9.17) is 24.3 Å². The highest BCUT2D eigenvalue weighted by Gasteiger charge is 2.28. The standard InChI is InChI=1S/C28H34N4O.CO2/c1-20-12-13-23-22(18-20)19-24-25(23)27(29-14-9-17-32-15-7-4-8-16-32)31-28(30-24)26(33-2)21-10-5-3-6-11-21;2-1-3/h3,5-6,10-13,18,26H,4,7-9,14-17,19H2,1-2H3,(H,29,30,31);. The van der Waals surface area contributed by atoms with Crippen LogP contribution >= 0.6 is 0 Å². The van der Waals surface area contributed by atoms with Gasteiger partial charge in [-0.1, -0.05) is 60.5 Å². The largest absolute Gasteiger partial charge is 0.373 e. The van der Waals surface area contributed by atoms with Crippen LogP contribution in [0.3, 0.4) is 0 Å². The molecule has 188 valence electrons. The lowest BCUT2D eigenvalue weighted by Gasteiger charge is -2.26. The van der Waals surface area contributed by atoms with Crippen LogP contribution in [0.5, 0.6) is 0 Å². The number of piperidine rings is 1. The molecule has 1 N–H and O–H groups in total. The highest BCUT2D eigenvalue weighted by atomic mass is 16.5. The van der Waals surface area contributed by atoms with Crippen LogP contribution in [0.4, 0.5) is 5.82 Å². The van der Waals surface area contributed by atoms with Crippen LogP contribution in [0.2, 0.25) is 0 Å². The molecule has 1 aliphatic carbocycles. The number of carbonyl (C=O) groups excluding carboxylic acids is 2. The summed E-state index contributed by atoms with van der Waals surface area (Å²) in [6.45, 7) is 6.69.